The molecule has 1 aromatic carbocycles. The Kier molecular flexibility index (Phi) is 2.77. The van der Waals surface area contributed by atoms with Crippen LogP contribution in [0, 0.1) is 17.0 Å². The van der Waals surface area contributed by atoms with Gasteiger partial charge in [-0.2, -0.15) is 0 Å². The third-order valence-corrected chi connectivity index (χ3v) is 2.87. The van der Waals surface area contributed by atoms with Crippen LogP contribution in [-0.2, 0) is 0 Å². The molecule has 0 unspecified atom stereocenters. The van der Waals surface area contributed by atoms with Crippen LogP contribution in [0.25, 0.3) is 0 Å². The number of hydrogen-bond acceptors (Lipinski definition) is 3. The van der Waals surface area contributed by atoms with Gasteiger partial charge in [0.1, 0.15) is 5.75 Å². The summed E-state index contributed by atoms with van der Waals surface area (Å²) < 4.78 is 0.256. The van der Waals surface area contributed by atoms with E-state index in [9.17, 15) is 15.2 Å². The van der Waals surface area contributed by atoms with E-state index in [0.717, 1.165) is 6.07 Å². The number of phenols is 1. The lowest BCUT2D eigenvalue weighted by Crippen LogP contribution is -1.92. The Morgan fingerprint density at radius 3 is 2.69 bits per heavy atom. The van der Waals surface area contributed by atoms with Gasteiger partial charge in [0.25, 0.3) is 5.69 Å². The van der Waals surface area contributed by atoms with Crippen molar-refractivity contribution < 1.29 is 10.0 Å². The average Bonchev–Trinajstić information content (AvgIpc) is 2.07. The molecule has 6 heteroatoms. The lowest BCUT2D eigenvalue weighted by atomic mass is 10.2. The second kappa shape index (κ2) is 3.51. The van der Waals surface area contributed by atoms with Crippen molar-refractivity contribution >= 4 is 33.2 Å². The second-order valence-electron chi connectivity index (χ2n) is 2.42. The molecule has 0 aromatic heterocycles. The number of nitrogens with zero attached hydrogens (tertiary/aromatic N) is 1. The SMILES string of the molecule is Cc1c([N+](=O)[O-])cc(Cl)c(O)c1Br. The Hall–Kier alpha value is -0.810. The minimum absolute atomic E-state index is 0.0378. The zero-order valence-corrected chi connectivity index (χ0v) is 8.89. The quantitative estimate of drug-likeness (QED) is 0.628. The topological polar surface area (TPSA) is 63.4 Å². The van der Waals surface area contributed by atoms with Gasteiger partial charge in [-0.3, -0.25) is 10.1 Å². The maximum Gasteiger partial charge on any atom is 0.275 e. The molecule has 0 radical (unpaired) electrons. The van der Waals surface area contributed by atoms with Crippen LogP contribution in [0.3, 0.4) is 0 Å². The number of rotatable bonds is 1. The van der Waals surface area contributed by atoms with E-state index in [2.05, 4.69) is 15.9 Å². The Bertz CT molecular complexity index is 380. The molecule has 1 N–H and O–H groups in total. The molecule has 13 heavy (non-hydrogen) atoms. The molecule has 0 heterocycles. The van der Waals surface area contributed by atoms with Crippen LogP contribution in [0.1, 0.15) is 5.56 Å². The van der Waals surface area contributed by atoms with E-state index in [1.54, 1.807) is 0 Å². The molecule has 0 fully saturated rings. The number of nitro benzene ring substituents is 1. The van der Waals surface area contributed by atoms with Crippen molar-refractivity contribution in [1.82, 2.24) is 0 Å². The van der Waals surface area contributed by atoms with Crippen LogP contribution in [0.15, 0.2) is 10.5 Å². The summed E-state index contributed by atoms with van der Waals surface area (Å²) in [6.45, 7) is 1.53. The molecule has 0 spiro atoms. The largest absolute Gasteiger partial charge is 0.505 e. The summed E-state index contributed by atoms with van der Waals surface area (Å²) >= 11 is 8.56. The first kappa shape index (κ1) is 10.3. The van der Waals surface area contributed by atoms with E-state index in [1.807, 2.05) is 0 Å². The van der Waals surface area contributed by atoms with E-state index in [-0.39, 0.29) is 20.9 Å². The molecule has 4 nitrogen and oxygen atoms in total. The molecule has 0 atom stereocenters. The van der Waals surface area contributed by atoms with Gasteiger partial charge in [-0.25, -0.2) is 0 Å². The van der Waals surface area contributed by atoms with Crippen molar-refractivity contribution in [3.8, 4) is 5.75 Å². The molecule has 0 aliphatic carbocycles. The Morgan fingerprint density at radius 1 is 1.69 bits per heavy atom. The highest BCUT2D eigenvalue weighted by molar-refractivity contribution is 9.10. The van der Waals surface area contributed by atoms with Gasteiger partial charge >= 0.3 is 0 Å². The number of aromatic hydroxyl groups is 1. The van der Waals surface area contributed by atoms with Gasteiger partial charge in [-0.1, -0.05) is 11.6 Å². The minimum atomic E-state index is -0.550. The van der Waals surface area contributed by atoms with Gasteiger partial charge in [0.2, 0.25) is 0 Å². The summed E-state index contributed by atoms with van der Waals surface area (Å²) in [5.74, 6) is -0.176. The fourth-order valence-corrected chi connectivity index (χ4v) is 1.61. The standard InChI is InChI=1S/C7H5BrClNO3/c1-3-5(10(12)13)2-4(9)7(11)6(3)8/h2,11H,1H3. The third kappa shape index (κ3) is 1.76. The highest BCUT2D eigenvalue weighted by Crippen LogP contribution is 2.39. The third-order valence-electron chi connectivity index (χ3n) is 1.61. The normalized spacial score (nSPS) is 10.1. The van der Waals surface area contributed by atoms with Crippen molar-refractivity contribution in [2.45, 2.75) is 6.92 Å². The first-order chi connectivity index (χ1) is 5.95. The maximum absolute atomic E-state index is 10.5. The van der Waals surface area contributed by atoms with Crippen molar-refractivity contribution in [2.75, 3.05) is 0 Å². The number of benzene rings is 1. The predicted molar refractivity (Wildman–Crippen MR) is 52.2 cm³/mol. The van der Waals surface area contributed by atoms with Gasteiger partial charge in [0, 0.05) is 11.6 Å². The molecule has 0 bridgehead atoms. The maximum atomic E-state index is 10.5. The van der Waals surface area contributed by atoms with Crippen molar-refractivity contribution in [3.05, 3.63) is 31.2 Å². The van der Waals surface area contributed by atoms with E-state index in [0.29, 0.717) is 5.56 Å². The van der Waals surface area contributed by atoms with E-state index in [1.165, 1.54) is 6.92 Å². The van der Waals surface area contributed by atoms with E-state index < -0.39 is 4.92 Å². The Balaban J connectivity index is 3.50. The molecule has 70 valence electrons. The zero-order valence-electron chi connectivity index (χ0n) is 6.54. The molecule has 0 amide bonds. The number of nitro groups is 1. The number of halogens is 2. The highest BCUT2D eigenvalue weighted by Gasteiger charge is 2.18. The molecule has 0 aliphatic rings. The molecule has 0 saturated carbocycles. The fourth-order valence-electron chi connectivity index (χ4n) is 0.881. The van der Waals surface area contributed by atoms with Crippen LogP contribution in [0.4, 0.5) is 5.69 Å². The molecular weight excluding hydrogens is 261 g/mol. The van der Waals surface area contributed by atoms with Gasteiger partial charge in [-0.15, -0.1) is 0 Å². The second-order valence-corrected chi connectivity index (χ2v) is 3.62. The highest BCUT2D eigenvalue weighted by atomic mass is 79.9. The van der Waals surface area contributed by atoms with E-state index >= 15 is 0 Å². The fraction of sp³-hybridized carbons (Fsp3) is 0.143. The molecule has 0 saturated heterocycles. The van der Waals surface area contributed by atoms with Gasteiger partial charge in [0.05, 0.1) is 14.4 Å². The van der Waals surface area contributed by atoms with E-state index in [4.69, 9.17) is 11.6 Å². The first-order valence-electron chi connectivity index (χ1n) is 3.27. The van der Waals surface area contributed by atoms with Crippen molar-refractivity contribution in [1.29, 1.82) is 0 Å². The Labute approximate surface area is 87.4 Å². The first-order valence-corrected chi connectivity index (χ1v) is 4.44. The van der Waals surface area contributed by atoms with Crippen LogP contribution < -0.4 is 0 Å². The summed E-state index contributed by atoms with van der Waals surface area (Å²) in [4.78, 5) is 9.93. The van der Waals surface area contributed by atoms with Gasteiger partial charge in [0.15, 0.2) is 0 Å². The summed E-state index contributed by atoms with van der Waals surface area (Å²) in [6.07, 6.45) is 0. The Morgan fingerprint density at radius 2 is 2.23 bits per heavy atom. The van der Waals surface area contributed by atoms with Crippen LogP contribution in [0.5, 0.6) is 5.75 Å². The van der Waals surface area contributed by atoms with Crippen LogP contribution in [0.2, 0.25) is 5.02 Å². The van der Waals surface area contributed by atoms with Crippen molar-refractivity contribution in [2.24, 2.45) is 0 Å². The number of phenolic OH excluding ortho intramolecular Hbond substituents is 1. The van der Waals surface area contributed by atoms with Crippen molar-refractivity contribution in [3.63, 3.8) is 0 Å². The molecule has 0 aliphatic heterocycles. The smallest absolute Gasteiger partial charge is 0.275 e. The van der Waals surface area contributed by atoms with Gasteiger partial charge < -0.3 is 5.11 Å². The summed E-state index contributed by atoms with van der Waals surface area (Å²) in [5, 5.41) is 19.7. The zero-order chi connectivity index (χ0) is 10.2. The summed E-state index contributed by atoms with van der Waals surface area (Å²) in [6, 6.07) is 1.12. The summed E-state index contributed by atoms with van der Waals surface area (Å²) in [7, 11) is 0. The van der Waals surface area contributed by atoms with Crippen LogP contribution >= 0.6 is 27.5 Å². The average molecular weight is 266 g/mol. The monoisotopic (exact) mass is 265 g/mol. The molecular formula is C7H5BrClNO3. The predicted octanol–water partition coefficient (Wildman–Crippen LogP) is 3.02. The molecule has 1 aromatic rings. The summed E-state index contributed by atoms with van der Waals surface area (Å²) in [5.41, 5.74) is 0.238. The lowest BCUT2D eigenvalue weighted by molar-refractivity contribution is -0.385. The number of hydrogen-bond donors (Lipinski definition) is 1. The lowest BCUT2D eigenvalue weighted by Gasteiger charge is -2.03. The molecule has 1 rings (SSSR count). The van der Waals surface area contributed by atoms with Gasteiger partial charge in [-0.05, 0) is 22.9 Å². The minimum Gasteiger partial charge on any atom is -0.505 e. The van der Waals surface area contributed by atoms with Crippen LogP contribution in [-0.4, -0.2) is 10.0 Å².